The molecule has 27 heavy (non-hydrogen) atoms. The molecule has 146 valence electrons. The standard InChI is InChI=1S/C21H30N4OS/c1-2-10-24(21(26)20-7-5-14-27-20)18-8-12-23(13-9-18)16-17-15-19-6-3-4-11-25(19)22-17/h5,7,14-15,18H,2-4,6,8-13,16H2,1H3. The number of amides is 1. The van der Waals surface area contributed by atoms with E-state index < -0.39 is 0 Å². The molecule has 0 spiro atoms. The Bertz CT molecular complexity index is 723. The Labute approximate surface area is 166 Å². The van der Waals surface area contributed by atoms with Crippen molar-refractivity contribution in [3.8, 4) is 0 Å². The van der Waals surface area contributed by atoms with Gasteiger partial charge in [-0.05, 0) is 56.0 Å². The molecule has 2 aromatic rings. The van der Waals surface area contributed by atoms with Crippen molar-refractivity contribution in [1.82, 2.24) is 19.6 Å². The van der Waals surface area contributed by atoms with Crippen molar-refractivity contribution >= 4 is 17.2 Å². The highest BCUT2D eigenvalue weighted by molar-refractivity contribution is 7.12. The van der Waals surface area contributed by atoms with Crippen LogP contribution in [0.15, 0.2) is 23.6 Å². The topological polar surface area (TPSA) is 41.4 Å². The number of rotatable bonds is 6. The third-order valence-corrected chi connectivity index (χ3v) is 6.67. The Balaban J connectivity index is 1.34. The van der Waals surface area contributed by atoms with Crippen molar-refractivity contribution in [2.75, 3.05) is 19.6 Å². The summed E-state index contributed by atoms with van der Waals surface area (Å²) < 4.78 is 2.20. The molecule has 2 aliphatic heterocycles. The Morgan fingerprint density at radius 1 is 1.30 bits per heavy atom. The molecule has 1 amide bonds. The van der Waals surface area contributed by atoms with E-state index in [1.165, 1.54) is 30.7 Å². The second-order valence-electron chi connectivity index (χ2n) is 7.79. The van der Waals surface area contributed by atoms with Crippen LogP contribution >= 0.6 is 11.3 Å². The molecular weight excluding hydrogens is 356 g/mol. The van der Waals surface area contributed by atoms with E-state index in [9.17, 15) is 4.79 Å². The number of piperidine rings is 1. The molecule has 2 aromatic heterocycles. The van der Waals surface area contributed by atoms with E-state index >= 15 is 0 Å². The first-order valence-electron chi connectivity index (χ1n) is 10.4. The normalized spacial score (nSPS) is 18.4. The summed E-state index contributed by atoms with van der Waals surface area (Å²) in [5.41, 5.74) is 2.62. The lowest BCUT2D eigenvalue weighted by Crippen LogP contribution is -2.47. The van der Waals surface area contributed by atoms with Crippen LogP contribution in [0.25, 0.3) is 0 Å². The van der Waals surface area contributed by atoms with Crippen LogP contribution in [0.3, 0.4) is 0 Å². The maximum absolute atomic E-state index is 12.9. The number of aryl methyl sites for hydroxylation is 2. The fourth-order valence-corrected chi connectivity index (χ4v) is 5.08. The Morgan fingerprint density at radius 3 is 2.85 bits per heavy atom. The zero-order valence-corrected chi connectivity index (χ0v) is 17.1. The van der Waals surface area contributed by atoms with Crippen molar-refractivity contribution in [2.45, 2.75) is 64.6 Å². The lowest BCUT2D eigenvalue weighted by Gasteiger charge is -2.38. The van der Waals surface area contributed by atoms with Crippen LogP contribution in [0.2, 0.25) is 0 Å². The van der Waals surface area contributed by atoms with Gasteiger partial charge in [0, 0.05) is 44.5 Å². The predicted octanol–water partition coefficient (Wildman–Crippen LogP) is 3.80. The SMILES string of the molecule is CCCN(C(=O)c1cccs1)C1CCN(Cc2cc3n(n2)CCCC3)CC1. The number of fused-ring (bicyclic) bond motifs is 1. The van der Waals surface area contributed by atoms with Gasteiger partial charge in [-0.15, -0.1) is 11.3 Å². The molecule has 0 atom stereocenters. The maximum Gasteiger partial charge on any atom is 0.264 e. The third-order valence-electron chi connectivity index (χ3n) is 5.81. The molecule has 4 heterocycles. The van der Waals surface area contributed by atoms with Crippen molar-refractivity contribution < 1.29 is 4.79 Å². The number of aromatic nitrogens is 2. The number of hydrogen-bond donors (Lipinski definition) is 0. The lowest BCUT2D eigenvalue weighted by atomic mass is 10.0. The molecule has 0 saturated carbocycles. The van der Waals surface area contributed by atoms with Crippen LogP contribution in [0.1, 0.15) is 60.1 Å². The monoisotopic (exact) mass is 386 g/mol. The second kappa shape index (κ2) is 8.57. The summed E-state index contributed by atoms with van der Waals surface area (Å²) in [5.74, 6) is 0.215. The molecule has 0 aliphatic carbocycles. The molecule has 4 rings (SSSR count). The minimum Gasteiger partial charge on any atom is -0.335 e. The van der Waals surface area contributed by atoms with Crippen LogP contribution < -0.4 is 0 Å². The summed E-state index contributed by atoms with van der Waals surface area (Å²) in [6.07, 6.45) is 6.85. The average molecular weight is 387 g/mol. The quantitative estimate of drug-likeness (QED) is 0.758. The first-order valence-corrected chi connectivity index (χ1v) is 11.2. The molecule has 1 saturated heterocycles. The summed E-state index contributed by atoms with van der Waals surface area (Å²) in [4.78, 5) is 18.4. The van der Waals surface area contributed by atoms with Gasteiger partial charge in [-0.25, -0.2) is 0 Å². The zero-order chi connectivity index (χ0) is 18.6. The minimum atomic E-state index is 0.215. The summed E-state index contributed by atoms with van der Waals surface area (Å²) in [5, 5.41) is 6.79. The van der Waals surface area contributed by atoms with Crippen molar-refractivity contribution in [3.63, 3.8) is 0 Å². The molecule has 0 bridgehead atoms. The smallest absolute Gasteiger partial charge is 0.264 e. The van der Waals surface area contributed by atoms with Crippen molar-refractivity contribution in [1.29, 1.82) is 0 Å². The molecule has 1 fully saturated rings. The molecular formula is C21H30N4OS. The lowest BCUT2D eigenvalue weighted by molar-refractivity contribution is 0.0569. The van der Waals surface area contributed by atoms with Gasteiger partial charge in [-0.2, -0.15) is 5.10 Å². The Kier molecular flexibility index (Phi) is 5.93. The number of likely N-dealkylation sites (tertiary alicyclic amines) is 1. The first-order chi connectivity index (χ1) is 13.2. The largest absolute Gasteiger partial charge is 0.335 e. The molecule has 0 unspecified atom stereocenters. The first kappa shape index (κ1) is 18.7. The van der Waals surface area contributed by atoms with E-state index in [2.05, 4.69) is 27.5 Å². The van der Waals surface area contributed by atoms with E-state index in [1.54, 1.807) is 11.3 Å². The highest BCUT2D eigenvalue weighted by atomic mass is 32.1. The van der Waals surface area contributed by atoms with Gasteiger partial charge in [0.15, 0.2) is 0 Å². The molecule has 5 nitrogen and oxygen atoms in total. The van der Waals surface area contributed by atoms with E-state index in [0.717, 1.165) is 56.9 Å². The highest BCUT2D eigenvalue weighted by Crippen LogP contribution is 2.23. The fraction of sp³-hybridized carbons (Fsp3) is 0.619. The van der Waals surface area contributed by atoms with Crippen LogP contribution in [-0.2, 0) is 19.5 Å². The summed E-state index contributed by atoms with van der Waals surface area (Å²) in [7, 11) is 0. The summed E-state index contributed by atoms with van der Waals surface area (Å²) in [6, 6.07) is 6.58. The third kappa shape index (κ3) is 4.27. The van der Waals surface area contributed by atoms with E-state index in [-0.39, 0.29) is 5.91 Å². The van der Waals surface area contributed by atoms with Gasteiger partial charge in [0.25, 0.3) is 5.91 Å². The predicted molar refractivity (Wildman–Crippen MR) is 109 cm³/mol. The molecule has 6 heteroatoms. The van der Waals surface area contributed by atoms with Gasteiger partial charge in [0.2, 0.25) is 0 Å². The van der Waals surface area contributed by atoms with Gasteiger partial charge >= 0.3 is 0 Å². The van der Waals surface area contributed by atoms with Crippen LogP contribution in [0.5, 0.6) is 0 Å². The number of nitrogens with zero attached hydrogens (tertiary/aromatic N) is 4. The van der Waals surface area contributed by atoms with Crippen molar-refractivity contribution in [2.24, 2.45) is 0 Å². The van der Waals surface area contributed by atoms with Gasteiger partial charge in [-0.1, -0.05) is 13.0 Å². The fourth-order valence-electron chi connectivity index (χ4n) is 4.41. The van der Waals surface area contributed by atoms with Gasteiger partial charge < -0.3 is 4.90 Å². The zero-order valence-electron chi connectivity index (χ0n) is 16.3. The Hall–Kier alpha value is -1.66. The van der Waals surface area contributed by atoms with E-state index in [1.807, 2.05) is 17.5 Å². The molecule has 0 aromatic carbocycles. The number of carbonyl (C=O) groups is 1. The van der Waals surface area contributed by atoms with Crippen LogP contribution in [0, 0.1) is 0 Å². The highest BCUT2D eigenvalue weighted by Gasteiger charge is 2.29. The maximum atomic E-state index is 12.9. The Morgan fingerprint density at radius 2 is 2.15 bits per heavy atom. The van der Waals surface area contributed by atoms with E-state index in [4.69, 9.17) is 5.10 Å². The summed E-state index contributed by atoms with van der Waals surface area (Å²) in [6.45, 7) is 7.13. The average Bonchev–Trinajstić information content (AvgIpc) is 3.36. The molecule has 0 N–H and O–H groups in total. The number of carbonyl (C=O) groups excluding carboxylic acids is 1. The molecule has 0 radical (unpaired) electrons. The van der Waals surface area contributed by atoms with Gasteiger partial charge in [0.05, 0.1) is 10.6 Å². The van der Waals surface area contributed by atoms with Crippen molar-refractivity contribution in [3.05, 3.63) is 39.8 Å². The van der Waals surface area contributed by atoms with Crippen LogP contribution in [0.4, 0.5) is 0 Å². The van der Waals surface area contributed by atoms with Crippen LogP contribution in [-0.4, -0.2) is 51.2 Å². The number of hydrogen-bond acceptors (Lipinski definition) is 4. The minimum absolute atomic E-state index is 0.215. The van der Waals surface area contributed by atoms with E-state index in [0.29, 0.717) is 6.04 Å². The summed E-state index contributed by atoms with van der Waals surface area (Å²) >= 11 is 1.55. The number of thiophene rings is 1. The van der Waals surface area contributed by atoms with Gasteiger partial charge in [0.1, 0.15) is 0 Å². The molecule has 2 aliphatic rings. The van der Waals surface area contributed by atoms with Gasteiger partial charge in [-0.3, -0.25) is 14.4 Å². The second-order valence-corrected chi connectivity index (χ2v) is 8.74.